The summed E-state index contributed by atoms with van der Waals surface area (Å²) in [6, 6.07) is 0. The average Bonchev–Trinajstić information content (AvgIpc) is 2.21. The van der Waals surface area contributed by atoms with Crippen molar-refractivity contribution in [1.29, 1.82) is 0 Å². The summed E-state index contributed by atoms with van der Waals surface area (Å²) in [6.45, 7) is 7.11. The Morgan fingerprint density at radius 1 is 1.14 bits per heavy atom. The zero-order valence-electron chi connectivity index (χ0n) is 10.4. The summed E-state index contributed by atoms with van der Waals surface area (Å²) in [5, 5.41) is 0. The molecule has 0 saturated heterocycles. The highest BCUT2D eigenvalue weighted by atomic mass is 14.3. The van der Waals surface area contributed by atoms with E-state index in [1.807, 2.05) is 0 Å². The molecular formula is C14H28. The standard InChI is InChI=1S/C14H28/c1-4-6-7-8-13(5-2)11-14-10-9-12(14)3/h12-14H,4-11H2,1-3H3. The van der Waals surface area contributed by atoms with Crippen molar-refractivity contribution in [1.82, 2.24) is 0 Å². The Morgan fingerprint density at radius 2 is 1.93 bits per heavy atom. The van der Waals surface area contributed by atoms with Crippen molar-refractivity contribution in [2.45, 2.75) is 72.1 Å². The normalized spacial score (nSPS) is 28.5. The Bertz CT molecular complexity index is 139. The van der Waals surface area contributed by atoms with Crippen LogP contribution in [0.3, 0.4) is 0 Å². The molecule has 84 valence electrons. The van der Waals surface area contributed by atoms with E-state index < -0.39 is 0 Å². The molecule has 1 saturated carbocycles. The first-order valence-electron chi connectivity index (χ1n) is 6.77. The minimum Gasteiger partial charge on any atom is -0.0654 e. The van der Waals surface area contributed by atoms with Crippen LogP contribution in [0.15, 0.2) is 0 Å². The second-order valence-corrected chi connectivity index (χ2v) is 5.32. The summed E-state index contributed by atoms with van der Waals surface area (Å²) in [5.41, 5.74) is 0. The maximum atomic E-state index is 2.44. The van der Waals surface area contributed by atoms with Crippen molar-refractivity contribution in [2.75, 3.05) is 0 Å². The van der Waals surface area contributed by atoms with Crippen LogP contribution in [0.25, 0.3) is 0 Å². The average molecular weight is 196 g/mol. The number of hydrogen-bond acceptors (Lipinski definition) is 0. The largest absolute Gasteiger partial charge is 0.0654 e. The Balaban J connectivity index is 2.11. The highest BCUT2D eigenvalue weighted by molar-refractivity contribution is 4.79. The fourth-order valence-corrected chi connectivity index (χ4v) is 2.69. The molecule has 0 heterocycles. The van der Waals surface area contributed by atoms with Gasteiger partial charge in [-0.2, -0.15) is 0 Å². The third kappa shape index (κ3) is 3.63. The van der Waals surface area contributed by atoms with Crippen LogP contribution in [-0.4, -0.2) is 0 Å². The summed E-state index contributed by atoms with van der Waals surface area (Å²) in [6.07, 6.45) is 11.7. The van der Waals surface area contributed by atoms with Crippen molar-refractivity contribution in [2.24, 2.45) is 17.8 Å². The molecule has 3 unspecified atom stereocenters. The van der Waals surface area contributed by atoms with E-state index in [1.54, 1.807) is 0 Å². The van der Waals surface area contributed by atoms with Crippen LogP contribution in [0.2, 0.25) is 0 Å². The molecule has 1 aliphatic rings. The minimum atomic E-state index is 1.04. The van der Waals surface area contributed by atoms with Gasteiger partial charge in [0.05, 0.1) is 0 Å². The summed E-state index contributed by atoms with van der Waals surface area (Å²) < 4.78 is 0. The second kappa shape index (κ2) is 6.48. The van der Waals surface area contributed by atoms with Crippen LogP contribution >= 0.6 is 0 Å². The van der Waals surface area contributed by atoms with Crippen LogP contribution in [0.5, 0.6) is 0 Å². The molecular weight excluding hydrogens is 168 g/mol. The molecule has 0 radical (unpaired) electrons. The summed E-state index contributed by atoms with van der Waals surface area (Å²) in [5.74, 6) is 3.16. The van der Waals surface area contributed by atoms with Crippen molar-refractivity contribution >= 4 is 0 Å². The fraction of sp³-hybridized carbons (Fsp3) is 1.00. The molecule has 1 fully saturated rings. The molecule has 3 atom stereocenters. The van der Waals surface area contributed by atoms with Crippen LogP contribution in [0, 0.1) is 17.8 Å². The first-order valence-corrected chi connectivity index (χ1v) is 6.77. The van der Waals surface area contributed by atoms with Gasteiger partial charge >= 0.3 is 0 Å². The van der Waals surface area contributed by atoms with Gasteiger partial charge in [-0.05, 0) is 30.6 Å². The number of unbranched alkanes of at least 4 members (excludes halogenated alkanes) is 2. The zero-order valence-corrected chi connectivity index (χ0v) is 10.4. The zero-order chi connectivity index (χ0) is 10.4. The van der Waals surface area contributed by atoms with E-state index in [0.29, 0.717) is 0 Å². The predicted molar refractivity (Wildman–Crippen MR) is 64.4 cm³/mol. The summed E-state index contributed by atoms with van der Waals surface area (Å²) >= 11 is 0. The molecule has 0 N–H and O–H groups in total. The first-order chi connectivity index (χ1) is 6.77. The maximum Gasteiger partial charge on any atom is -0.0386 e. The van der Waals surface area contributed by atoms with E-state index in [9.17, 15) is 0 Å². The number of hydrogen-bond donors (Lipinski definition) is 0. The van der Waals surface area contributed by atoms with Gasteiger partial charge in [-0.25, -0.2) is 0 Å². The lowest BCUT2D eigenvalue weighted by atomic mass is 9.70. The molecule has 0 aromatic heterocycles. The van der Waals surface area contributed by atoms with Gasteiger partial charge in [-0.3, -0.25) is 0 Å². The smallest absolute Gasteiger partial charge is 0.0386 e. The first kappa shape index (κ1) is 12.1. The van der Waals surface area contributed by atoms with E-state index in [-0.39, 0.29) is 0 Å². The third-order valence-electron chi connectivity index (χ3n) is 4.23. The van der Waals surface area contributed by atoms with E-state index in [4.69, 9.17) is 0 Å². The maximum absolute atomic E-state index is 2.44. The van der Waals surface area contributed by atoms with Gasteiger partial charge < -0.3 is 0 Å². The van der Waals surface area contributed by atoms with Crippen molar-refractivity contribution in [3.8, 4) is 0 Å². The second-order valence-electron chi connectivity index (χ2n) is 5.32. The van der Waals surface area contributed by atoms with Gasteiger partial charge in [0, 0.05) is 0 Å². The molecule has 0 aromatic rings. The van der Waals surface area contributed by atoms with Crippen molar-refractivity contribution < 1.29 is 0 Å². The molecule has 0 spiro atoms. The van der Waals surface area contributed by atoms with Gasteiger partial charge in [0.1, 0.15) is 0 Å². The molecule has 0 nitrogen and oxygen atoms in total. The lowest BCUT2D eigenvalue weighted by Crippen LogP contribution is -2.25. The fourth-order valence-electron chi connectivity index (χ4n) is 2.69. The predicted octanol–water partition coefficient (Wildman–Crippen LogP) is 5.03. The third-order valence-corrected chi connectivity index (χ3v) is 4.23. The summed E-state index contributed by atoms with van der Waals surface area (Å²) in [7, 11) is 0. The topological polar surface area (TPSA) is 0 Å². The van der Waals surface area contributed by atoms with Gasteiger partial charge in [0.25, 0.3) is 0 Å². The Morgan fingerprint density at radius 3 is 2.36 bits per heavy atom. The van der Waals surface area contributed by atoms with Gasteiger partial charge in [0.15, 0.2) is 0 Å². The molecule has 0 bridgehead atoms. The summed E-state index contributed by atoms with van der Waals surface area (Å²) in [4.78, 5) is 0. The van der Waals surface area contributed by atoms with Crippen molar-refractivity contribution in [3.63, 3.8) is 0 Å². The Hall–Kier alpha value is 0. The van der Waals surface area contributed by atoms with Gasteiger partial charge in [-0.15, -0.1) is 0 Å². The molecule has 1 aliphatic carbocycles. The monoisotopic (exact) mass is 196 g/mol. The Kier molecular flexibility index (Phi) is 5.59. The molecule has 0 heteroatoms. The van der Waals surface area contributed by atoms with E-state index in [0.717, 1.165) is 17.8 Å². The highest BCUT2D eigenvalue weighted by Crippen LogP contribution is 2.39. The van der Waals surface area contributed by atoms with Crippen molar-refractivity contribution in [3.05, 3.63) is 0 Å². The molecule has 1 rings (SSSR count). The lowest BCUT2D eigenvalue weighted by molar-refractivity contribution is 0.151. The SMILES string of the molecule is CCCCCC(CC)CC1CCC1C. The van der Waals surface area contributed by atoms with Crippen LogP contribution in [0.1, 0.15) is 72.1 Å². The molecule has 0 aromatic carbocycles. The highest BCUT2D eigenvalue weighted by Gasteiger charge is 2.28. The van der Waals surface area contributed by atoms with Crippen LogP contribution < -0.4 is 0 Å². The Labute approximate surface area is 90.5 Å². The van der Waals surface area contributed by atoms with Crippen LogP contribution in [-0.2, 0) is 0 Å². The van der Waals surface area contributed by atoms with Gasteiger partial charge in [0.2, 0.25) is 0 Å². The van der Waals surface area contributed by atoms with E-state index >= 15 is 0 Å². The van der Waals surface area contributed by atoms with E-state index in [1.165, 1.54) is 51.4 Å². The molecule has 0 amide bonds. The van der Waals surface area contributed by atoms with E-state index in [2.05, 4.69) is 20.8 Å². The lowest BCUT2D eigenvalue weighted by Gasteiger charge is -2.36. The minimum absolute atomic E-state index is 1.04. The number of rotatable bonds is 7. The molecule has 0 aliphatic heterocycles. The molecule has 14 heavy (non-hydrogen) atoms. The van der Waals surface area contributed by atoms with Gasteiger partial charge in [-0.1, -0.05) is 59.3 Å². The quantitative estimate of drug-likeness (QED) is 0.501. The van der Waals surface area contributed by atoms with Crippen LogP contribution in [0.4, 0.5) is 0 Å².